The van der Waals surface area contributed by atoms with Gasteiger partial charge in [0.2, 0.25) is 0 Å². The molecule has 0 fully saturated rings. The Morgan fingerprint density at radius 1 is 1.00 bits per heavy atom. The number of alkyl halides is 3. The van der Waals surface area contributed by atoms with Gasteiger partial charge in [0.1, 0.15) is 11.8 Å². The van der Waals surface area contributed by atoms with Gasteiger partial charge in [-0.05, 0) is 47.0 Å². The van der Waals surface area contributed by atoms with Gasteiger partial charge in [0, 0.05) is 18.8 Å². The minimum Gasteiger partial charge on any atom is -0.493 e. The fourth-order valence-corrected chi connectivity index (χ4v) is 2.91. The Kier molecular flexibility index (Phi) is 6.03. The number of aromatic nitrogens is 1. The molecule has 0 saturated carbocycles. The second kappa shape index (κ2) is 8.65. The smallest absolute Gasteiger partial charge is 0.416 e. The number of nitroso groups, excluding NO2 is 1. The predicted molar refractivity (Wildman–Crippen MR) is 99.0 cm³/mol. The lowest BCUT2D eigenvalue weighted by atomic mass is 9.94. The van der Waals surface area contributed by atoms with Gasteiger partial charge in [0.15, 0.2) is 0 Å². The maximum absolute atomic E-state index is 12.8. The molecule has 0 aliphatic heterocycles. The third kappa shape index (κ3) is 4.73. The molecular weight excluding hydrogens is 369 g/mol. The number of hydrogen-bond acceptors (Lipinski definition) is 4. The molecule has 7 heteroatoms. The lowest BCUT2D eigenvalue weighted by Gasteiger charge is -2.15. The standard InChI is InChI=1S/C21H17F3N2O2/c22-21(23,24)17-5-3-6-18(14-17)28-13-10-15-4-1-2-7-19(15)20(26-27)16-8-11-25-12-9-16/h1-9,11-12,14,20H,10,13H2. The second-order valence-corrected chi connectivity index (χ2v) is 6.11. The highest BCUT2D eigenvalue weighted by atomic mass is 19.4. The van der Waals surface area contributed by atoms with E-state index in [4.69, 9.17) is 4.74 Å². The zero-order valence-corrected chi connectivity index (χ0v) is 14.8. The number of halogens is 3. The second-order valence-electron chi connectivity index (χ2n) is 6.11. The molecule has 0 amide bonds. The van der Waals surface area contributed by atoms with Gasteiger partial charge < -0.3 is 4.74 Å². The predicted octanol–water partition coefficient (Wildman–Crippen LogP) is 5.58. The molecule has 4 nitrogen and oxygen atoms in total. The van der Waals surface area contributed by atoms with Crippen molar-refractivity contribution in [1.82, 2.24) is 4.98 Å². The zero-order valence-electron chi connectivity index (χ0n) is 14.8. The van der Waals surface area contributed by atoms with Crippen molar-refractivity contribution >= 4 is 0 Å². The molecule has 0 N–H and O–H groups in total. The van der Waals surface area contributed by atoms with Gasteiger partial charge in [-0.15, -0.1) is 4.91 Å². The Bertz CT molecular complexity index is 930. The first-order chi connectivity index (χ1) is 13.5. The molecule has 0 radical (unpaired) electrons. The van der Waals surface area contributed by atoms with Crippen molar-refractivity contribution < 1.29 is 17.9 Å². The molecule has 0 spiro atoms. The van der Waals surface area contributed by atoms with Crippen molar-refractivity contribution in [3.63, 3.8) is 0 Å². The van der Waals surface area contributed by atoms with Crippen LogP contribution in [0.5, 0.6) is 5.75 Å². The van der Waals surface area contributed by atoms with Crippen molar-refractivity contribution in [2.75, 3.05) is 6.61 Å². The number of benzene rings is 2. The van der Waals surface area contributed by atoms with E-state index in [0.29, 0.717) is 6.42 Å². The van der Waals surface area contributed by atoms with E-state index in [1.807, 2.05) is 24.3 Å². The summed E-state index contributed by atoms with van der Waals surface area (Å²) in [6.45, 7) is 0.167. The number of hydrogen-bond donors (Lipinski definition) is 0. The molecule has 0 aliphatic carbocycles. The molecule has 1 atom stereocenters. The summed E-state index contributed by atoms with van der Waals surface area (Å²) in [5.41, 5.74) is 1.54. The first-order valence-corrected chi connectivity index (χ1v) is 8.59. The number of nitrogens with zero attached hydrogens (tertiary/aromatic N) is 2. The first kappa shape index (κ1) is 19.5. The molecule has 0 saturated heterocycles. The molecular formula is C21H17F3N2O2. The molecule has 1 aromatic heterocycles. The van der Waals surface area contributed by atoms with Crippen LogP contribution in [0.3, 0.4) is 0 Å². The third-order valence-corrected chi connectivity index (χ3v) is 4.28. The topological polar surface area (TPSA) is 51.5 Å². The normalized spacial score (nSPS) is 12.4. The monoisotopic (exact) mass is 386 g/mol. The molecule has 1 unspecified atom stereocenters. The summed E-state index contributed by atoms with van der Waals surface area (Å²) in [7, 11) is 0. The fourth-order valence-electron chi connectivity index (χ4n) is 2.91. The number of pyridine rings is 1. The van der Waals surface area contributed by atoms with Gasteiger partial charge in [-0.2, -0.15) is 13.2 Å². The summed E-state index contributed by atoms with van der Waals surface area (Å²) in [6, 6.07) is 14.8. The van der Waals surface area contributed by atoms with Crippen LogP contribution in [0, 0.1) is 4.91 Å². The van der Waals surface area contributed by atoms with Crippen LogP contribution in [0.4, 0.5) is 13.2 Å². The van der Waals surface area contributed by atoms with Gasteiger partial charge >= 0.3 is 6.18 Å². The van der Waals surface area contributed by atoms with E-state index in [1.54, 1.807) is 24.5 Å². The van der Waals surface area contributed by atoms with Crippen LogP contribution in [0.25, 0.3) is 0 Å². The fraction of sp³-hybridized carbons (Fsp3) is 0.190. The summed E-state index contributed by atoms with van der Waals surface area (Å²) in [6.07, 6.45) is -0.817. The van der Waals surface area contributed by atoms with Gasteiger partial charge in [0.25, 0.3) is 0 Å². The highest BCUT2D eigenvalue weighted by Crippen LogP contribution is 2.32. The number of ether oxygens (including phenoxy) is 1. The van der Waals surface area contributed by atoms with Gasteiger partial charge in [0.05, 0.1) is 12.2 Å². The van der Waals surface area contributed by atoms with Crippen LogP contribution in [0.15, 0.2) is 78.2 Å². The average molecular weight is 386 g/mol. The minimum atomic E-state index is -4.42. The van der Waals surface area contributed by atoms with Crippen LogP contribution in [-0.4, -0.2) is 11.6 Å². The Labute approximate surface area is 160 Å². The van der Waals surface area contributed by atoms with Crippen LogP contribution in [-0.2, 0) is 12.6 Å². The number of rotatable bonds is 7. The van der Waals surface area contributed by atoms with E-state index in [2.05, 4.69) is 10.2 Å². The summed E-state index contributed by atoms with van der Waals surface area (Å²) >= 11 is 0. The Morgan fingerprint density at radius 3 is 2.46 bits per heavy atom. The van der Waals surface area contributed by atoms with Gasteiger partial charge in [-0.25, -0.2) is 0 Å². The van der Waals surface area contributed by atoms with Gasteiger partial charge in [-0.1, -0.05) is 35.5 Å². The first-order valence-electron chi connectivity index (χ1n) is 8.59. The van der Waals surface area contributed by atoms with Crippen LogP contribution in [0.2, 0.25) is 0 Å². The van der Waals surface area contributed by atoms with E-state index < -0.39 is 17.8 Å². The van der Waals surface area contributed by atoms with E-state index in [9.17, 15) is 18.1 Å². The van der Waals surface area contributed by atoms with E-state index in [1.165, 1.54) is 12.1 Å². The SMILES string of the molecule is O=NC(c1ccncc1)c1ccccc1CCOc1cccc(C(F)(F)F)c1. The maximum Gasteiger partial charge on any atom is 0.416 e. The summed E-state index contributed by atoms with van der Waals surface area (Å²) < 4.78 is 43.9. The van der Waals surface area contributed by atoms with E-state index in [0.717, 1.165) is 28.8 Å². The zero-order chi connectivity index (χ0) is 20.0. The molecule has 2 aromatic carbocycles. The molecule has 144 valence electrons. The van der Waals surface area contributed by atoms with Crippen molar-refractivity contribution in [2.45, 2.75) is 18.6 Å². The summed E-state index contributed by atoms with van der Waals surface area (Å²) in [4.78, 5) is 15.4. The molecule has 28 heavy (non-hydrogen) atoms. The summed E-state index contributed by atoms with van der Waals surface area (Å²) in [5.74, 6) is 0.145. The Hall–Kier alpha value is -3.22. The van der Waals surface area contributed by atoms with Crippen molar-refractivity contribution in [3.8, 4) is 5.75 Å². The highest BCUT2D eigenvalue weighted by molar-refractivity contribution is 5.37. The lowest BCUT2D eigenvalue weighted by Crippen LogP contribution is -2.08. The summed E-state index contributed by atoms with van der Waals surface area (Å²) in [5, 5.41) is 3.25. The highest BCUT2D eigenvalue weighted by Gasteiger charge is 2.30. The molecule has 0 aliphatic rings. The van der Waals surface area contributed by atoms with Crippen LogP contribution in [0.1, 0.15) is 28.3 Å². The average Bonchev–Trinajstić information content (AvgIpc) is 2.70. The van der Waals surface area contributed by atoms with E-state index in [-0.39, 0.29) is 12.4 Å². The third-order valence-electron chi connectivity index (χ3n) is 4.28. The van der Waals surface area contributed by atoms with Crippen molar-refractivity contribution in [3.05, 3.63) is 100 Å². The van der Waals surface area contributed by atoms with Gasteiger partial charge in [-0.3, -0.25) is 4.98 Å². The Morgan fingerprint density at radius 2 is 1.75 bits per heavy atom. The quantitative estimate of drug-likeness (QED) is 0.498. The minimum absolute atomic E-state index is 0.145. The van der Waals surface area contributed by atoms with Crippen molar-refractivity contribution in [2.24, 2.45) is 5.18 Å². The molecule has 0 bridgehead atoms. The van der Waals surface area contributed by atoms with Crippen LogP contribution < -0.4 is 4.74 Å². The largest absolute Gasteiger partial charge is 0.493 e. The van der Waals surface area contributed by atoms with E-state index >= 15 is 0 Å². The van der Waals surface area contributed by atoms with Crippen LogP contribution >= 0.6 is 0 Å². The molecule has 1 heterocycles. The molecule has 3 aromatic rings. The molecule has 3 rings (SSSR count). The Balaban J connectivity index is 1.73. The maximum atomic E-state index is 12.8. The lowest BCUT2D eigenvalue weighted by molar-refractivity contribution is -0.137. The van der Waals surface area contributed by atoms with Crippen molar-refractivity contribution in [1.29, 1.82) is 0 Å².